The summed E-state index contributed by atoms with van der Waals surface area (Å²) in [5.41, 5.74) is 1.22. The molecule has 0 unspecified atom stereocenters. The number of unbranched alkanes of at least 4 members (excludes halogenated alkanes) is 2. The molecule has 0 bridgehead atoms. The first-order valence-electron chi connectivity index (χ1n) is 11.3. The van der Waals surface area contributed by atoms with Gasteiger partial charge in [0.25, 0.3) is 0 Å². The van der Waals surface area contributed by atoms with Gasteiger partial charge in [-0.05, 0) is 12.0 Å². The van der Waals surface area contributed by atoms with Crippen LogP contribution in [0.15, 0.2) is 47.6 Å². The zero-order valence-electron chi connectivity index (χ0n) is 18.7. The van der Waals surface area contributed by atoms with Crippen LogP contribution in [-0.2, 0) is 4.79 Å². The lowest BCUT2D eigenvalue weighted by Gasteiger charge is -2.35. The number of benzene rings is 1. The molecule has 1 aromatic carbocycles. The first kappa shape index (κ1) is 24.6. The van der Waals surface area contributed by atoms with Crippen LogP contribution in [0.5, 0.6) is 0 Å². The van der Waals surface area contributed by atoms with Crippen molar-refractivity contribution < 1.29 is 4.79 Å². The summed E-state index contributed by atoms with van der Waals surface area (Å²) in [6.07, 6.45) is 7.67. The number of piperazine rings is 1. The maximum atomic E-state index is 12.0. The van der Waals surface area contributed by atoms with Crippen LogP contribution in [0.2, 0.25) is 5.15 Å². The molecular formula is C24H32ClN5OS. The highest BCUT2D eigenvalue weighted by atomic mass is 35.5. The van der Waals surface area contributed by atoms with Crippen molar-refractivity contribution in [1.82, 2.24) is 20.2 Å². The molecule has 2 aromatic rings. The largest absolute Gasteiger partial charge is 0.355 e. The van der Waals surface area contributed by atoms with E-state index in [0.717, 1.165) is 64.3 Å². The van der Waals surface area contributed by atoms with Crippen LogP contribution in [0.3, 0.4) is 0 Å². The molecule has 8 heteroatoms. The van der Waals surface area contributed by atoms with Crippen molar-refractivity contribution in [2.45, 2.75) is 31.3 Å². The van der Waals surface area contributed by atoms with E-state index in [2.05, 4.69) is 68.4 Å². The molecule has 6 nitrogen and oxygen atoms in total. The summed E-state index contributed by atoms with van der Waals surface area (Å²) >= 11 is 7.58. The van der Waals surface area contributed by atoms with Crippen LogP contribution in [0, 0.1) is 0 Å². The van der Waals surface area contributed by atoms with Crippen LogP contribution in [0.1, 0.15) is 31.7 Å². The van der Waals surface area contributed by atoms with E-state index in [9.17, 15) is 4.79 Å². The first-order chi connectivity index (χ1) is 15.6. The molecule has 0 atom stereocenters. The number of anilines is 1. The molecule has 0 radical (unpaired) electrons. The minimum atomic E-state index is 0.00778. The summed E-state index contributed by atoms with van der Waals surface area (Å²) in [6, 6.07) is 12.2. The van der Waals surface area contributed by atoms with E-state index >= 15 is 0 Å². The van der Waals surface area contributed by atoms with Crippen molar-refractivity contribution in [1.29, 1.82) is 0 Å². The predicted molar refractivity (Wildman–Crippen MR) is 134 cm³/mol. The lowest BCUT2D eigenvalue weighted by molar-refractivity contribution is -0.118. The second-order valence-corrected chi connectivity index (χ2v) is 9.11. The molecule has 0 saturated carbocycles. The van der Waals surface area contributed by atoms with Crippen LogP contribution in [0.25, 0.3) is 6.08 Å². The van der Waals surface area contributed by atoms with Gasteiger partial charge in [-0.3, -0.25) is 9.69 Å². The van der Waals surface area contributed by atoms with Crippen molar-refractivity contribution >= 4 is 41.2 Å². The number of carbonyl (C=O) groups is 1. The van der Waals surface area contributed by atoms with Gasteiger partial charge in [0.2, 0.25) is 5.91 Å². The van der Waals surface area contributed by atoms with Crippen molar-refractivity contribution in [3.8, 4) is 0 Å². The quantitative estimate of drug-likeness (QED) is 0.226. The van der Waals surface area contributed by atoms with Crippen LogP contribution in [-0.4, -0.2) is 65.8 Å². The third-order valence-electron chi connectivity index (χ3n) is 5.27. The van der Waals surface area contributed by atoms with Crippen molar-refractivity contribution in [3.63, 3.8) is 0 Å². The number of aromatic nitrogens is 2. The standard InChI is InChI=1S/C24H32ClN5OS/c1-2-3-7-12-26-23(31)19-32-24-27-21(25)18-22(28-24)30-16-14-29(15-17-30)13-8-11-20-9-5-4-6-10-20/h4-6,8-11,18H,2-3,7,12-17,19H2,1H3,(H,26,31). The number of halogens is 1. The molecule has 172 valence electrons. The molecule has 1 aliphatic heterocycles. The molecule has 0 aliphatic carbocycles. The topological polar surface area (TPSA) is 61.4 Å². The Hall–Kier alpha value is -2.09. The Balaban J connectivity index is 1.45. The number of amides is 1. The summed E-state index contributed by atoms with van der Waals surface area (Å²) in [6.45, 7) is 7.49. The molecule has 1 N–H and O–H groups in total. The van der Waals surface area contributed by atoms with Crippen LogP contribution in [0.4, 0.5) is 5.82 Å². The van der Waals surface area contributed by atoms with E-state index in [1.165, 1.54) is 17.3 Å². The summed E-state index contributed by atoms with van der Waals surface area (Å²) in [5.74, 6) is 1.14. The van der Waals surface area contributed by atoms with Gasteiger partial charge in [-0.15, -0.1) is 0 Å². The van der Waals surface area contributed by atoms with Gasteiger partial charge in [0.15, 0.2) is 5.16 Å². The Morgan fingerprint density at radius 2 is 1.94 bits per heavy atom. The van der Waals surface area contributed by atoms with Crippen molar-refractivity contribution in [3.05, 3.63) is 53.2 Å². The van der Waals surface area contributed by atoms with E-state index in [-0.39, 0.29) is 5.91 Å². The fraction of sp³-hybridized carbons (Fsp3) is 0.458. The normalized spacial score (nSPS) is 14.8. The lowest BCUT2D eigenvalue weighted by atomic mass is 10.2. The fourth-order valence-corrected chi connectivity index (χ4v) is 4.37. The second-order valence-electron chi connectivity index (χ2n) is 7.78. The Morgan fingerprint density at radius 3 is 2.69 bits per heavy atom. The number of nitrogens with one attached hydrogen (secondary N) is 1. The second kappa shape index (κ2) is 13.5. The van der Waals surface area contributed by atoms with Crippen LogP contribution < -0.4 is 10.2 Å². The number of nitrogens with zero attached hydrogens (tertiary/aromatic N) is 4. The molecule has 3 rings (SSSR count). The zero-order chi connectivity index (χ0) is 22.6. The summed E-state index contributed by atoms with van der Waals surface area (Å²) in [7, 11) is 0. The van der Waals surface area contributed by atoms with Gasteiger partial charge in [-0.1, -0.05) is 85.6 Å². The molecule has 1 aliphatic rings. The molecule has 2 heterocycles. The highest BCUT2D eigenvalue weighted by Crippen LogP contribution is 2.22. The monoisotopic (exact) mass is 473 g/mol. The Bertz CT molecular complexity index is 872. The third-order valence-corrected chi connectivity index (χ3v) is 6.31. The van der Waals surface area contributed by atoms with Crippen molar-refractivity contribution in [2.75, 3.05) is 49.9 Å². The minimum Gasteiger partial charge on any atom is -0.355 e. The average molecular weight is 474 g/mol. The highest BCUT2D eigenvalue weighted by Gasteiger charge is 2.19. The summed E-state index contributed by atoms with van der Waals surface area (Å²) in [5, 5.41) is 3.90. The number of rotatable bonds is 11. The average Bonchev–Trinajstić information content (AvgIpc) is 2.81. The molecular weight excluding hydrogens is 442 g/mol. The maximum Gasteiger partial charge on any atom is 0.230 e. The van der Waals surface area contributed by atoms with Gasteiger partial charge in [-0.25, -0.2) is 9.97 Å². The Kier molecular flexibility index (Phi) is 10.3. The van der Waals surface area contributed by atoms with Gasteiger partial charge in [0, 0.05) is 45.3 Å². The van der Waals surface area contributed by atoms with Crippen LogP contribution >= 0.6 is 23.4 Å². The third kappa shape index (κ3) is 8.45. The van der Waals surface area contributed by atoms with Gasteiger partial charge >= 0.3 is 0 Å². The molecule has 1 aromatic heterocycles. The van der Waals surface area contributed by atoms with E-state index in [1.807, 2.05) is 6.07 Å². The number of hydrogen-bond donors (Lipinski definition) is 1. The fourth-order valence-electron chi connectivity index (χ4n) is 3.46. The van der Waals surface area contributed by atoms with E-state index in [0.29, 0.717) is 16.1 Å². The van der Waals surface area contributed by atoms with E-state index < -0.39 is 0 Å². The number of hydrogen-bond acceptors (Lipinski definition) is 6. The zero-order valence-corrected chi connectivity index (χ0v) is 20.2. The number of thioether (sulfide) groups is 1. The smallest absolute Gasteiger partial charge is 0.230 e. The molecule has 32 heavy (non-hydrogen) atoms. The highest BCUT2D eigenvalue weighted by molar-refractivity contribution is 7.99. The molecule has 1 saturated heterocycles. The van der Waals surface area contributed by atoms with Crippen molar-refractivity contribution in [2.24, 2.45) is 0 Å². The molecule has 1 fully saturated rings. The summed E-state index contributed by atoms with van der Waals surface area (Å²) in [4.78, 5) is 25.6. The van der Waals surface area contributed by atoms with E-state index in [1.54, 1.807) is 6.07 Å². The SMILES string of the molecule is CCCCCNC(=O)CSc1nc(Cl)cc(N2CCN(CC=Cc3ccccc3)CC2)n1. The molecule has 0 spiro atoms. The van der Waals surface area contributed by atoms with Gasteiger partial charge in [0.1, 0.15) is 11.0 Å². The van der Waals surface area contributed by atoms with Gasteiger partial charge < -0.3 is 10.2 Å². The molecule has 1 amide bonds. The first-order valence-corrected chi connectivity index (χ1v) is 12.6. The Labute approximate surface area is 200 Å². The van der Waals surface area contributed by atoms with Gasteiger partial charge in [-0.2, -0.15) is 0 Å². The predicted octanol–water partition coefficient (Wildman–Crippen LogP) is 4.36. The summed E-state index contributed by atoms with van der Waals surface area (Å²) < 4.78 is 0. The number of carbonyl (C=O) groups excluding carboxylic acids is 1. The van der Waals surface area contributed by atoms with E-state index in [4.69, 9.17) is 11.6 Å². The van der Waals surface area contributed by atoms with Gasteiger partial charge in [0.05, 0.1) is 5.75 Å². The Morgan fingerprint density at radius 1 is 1.16 bits per heavy atom. The minimum absolute atomic E-state index is 0.00778. The maximum absolute atomic E-state index is 12.0. The lowest BCUT2D eigenvalue weighted by Crippen LogP contribution is -2.46.